The van der Waals surface area contributed by atoms with Crippen LogP contribution in [0.3, 0.4) is 0 Å². The molecular weight excluding hydrogens is 505 g/mol. The molecule has 37 heavy (non-hydrogen) atoms. The largest absolute Gasteiger partial charge is 0.573 e. The molecule has 1 N–H and O–H groups in total. The highest BCUT2D eigenvalue weighted by atomic mass is 32.1. The zero-order valence-corrected chi connectivity index (χ0v) is 20.6. The first kappa shape index (κ1) is 24.8. The Bertz CT molecular complexity index is 1380. The van der Waals surface area contributed by atoms with Crippen LogP contribution in [0.15, 0.2) is 64.5 Å². The molecule has 0 bridgehead atoms. The summed E-state index contributed by atoms with van der Waals surface area (Å²) in [7, 11) is 0. The lowest BCUT2D eigenvalue weighted by Gasteiger charge is -2.31. The monoisotopic (exact) mass is 528 g/mol. The molecule has 2 aromatic carbocycles. The van der Waals surface area contributed by atoms with E-state index in [0.717, 1.165) is 33.6 Å². The summed E-state index contributed by atoms with van der Waals surface area (Å²) in [5.74, 6) is 0.411. The second kappa shape index (κ2) is 10.3. The minimum absolute atomic E-state index is 0.0326. The molecule has 2 aromatic heterocycles. The Hall–Kier alpha value is -3.86. The third kappa shape index (κ3) is 5.61. The van der Waals surface area contributed by atoms with Crippen LogP contribution in [-0.2, 0) is 0 Å². The van der Waals surface area contributed by atoms with Crippen LogP contribution in [0.4, 0.5) is 23.7 Å². The van der Waals surface area contributed by atoms with Gasteiger partial charge in [0.15, 0.2) is 5.75 Å². The van der Waals surface area contributed by atoms with E-state index in [4.69, 9.17) is 9.51 Å². The molecule has 3 heterocycles. The highest BCUT2D eigenvalue weighted by Crippen LogP contribution is 2.38. The topological polar surface area (TPSA) is 80.5 Å². The zero-order chi connectivity index (χ0) is 26.0. The fourth-order valence-corrected chi connectivity index (χ4v) is 5.35. The Morgan fingerprint density at radius 1 is 1.11 bits per heavy atom. The summed E-state index contributed by atoms with van der Waals surface area (Å²) in [5, 5.41) is 9.75. The molecule has 0 aliphatic carbocycles. The number of aromatic nitrogens is 2. The van der Waals surface area contributed by atoms with E-state index in [2.05, 4.69) is 15.2 Å². The summed E-state index contributed by atoms with van der Waals surface area (Å²) < 4.78 is 47.5. The first-order valence-corrected chi connectivity index (χ1v) is 12.5. The van der Waals surface area contributed by atoms with Crippen LogP contribution < -0.4 is 10.1 Å². The van der Waals surface area contributed by atoms with Gasteiger partial charge >= 0.3 is 12.4 Å². The van der Waals surface area contributed by atoms with Crippen molar-refractivity contribution in [3.8, 4) is 28.3 Å². The van der Waals surface area contributed by atoms with Crippen LogP contribution in [0.2, 0.25) is 0 Å². The van der Waals surface area contributed by atoms with Gasteiger partial charge < -0.3 is 19.5 Å². The molecule has 4 aromatic rings. The number of alkyl halides is 3. The minimum atomic E-state index is -4.85. The van der Waals surface area contributed by atoms with Crippen LogP contribution in [-0.4, -0.2) is 40.5 Å². The Morgan fingerprint density at radius 2 is 1.81 bits per heavy atom. The van der Waals surface area contributed by atoms with Gasteiger partial charge in [0.1, 0.15) is 11.5 Å². The fraction of sp³-hybridized carbons (Fsp3) is 0.269. The first-order chi connectivity index (χ1) is 17.8. The minimum Gasteiger partial charge on any atom is -0.404 e. The zero-order valence-electron chi connectivity index (χ0n) is 19.8. The van der Waals surface area contributed by atoms with Crippen LogP contribution in [0.25, 0.3) is 22.5 Å². The quantitative estimate of drug-likeness (QED) is 0.299. The Balaban J connectivity index is 1.24. The van der Waals surface area contributed by atoms with Crippen molar-refractivity contribution in [3.63, 3.8) is 0 Å². The van der Waals surface area contributed by atoms with Gasteiger partial charge in [-0.15, -0.1) is 24.5 Å². The summed E-state index contributed by atoms with van der Waals surface area (Å²) in [4.78, 5) is 19.2. The molecule has 5 rings (SSSR count). The lowest BCUT2D eigenvalue weighted by molar-refractivity contribution is -0.274. The van der Waals surface area contributed by atoms with Gasteiger partial charge in [0.05, 0.1) is 22.0 Å². The summed E-state index contributed by atoms with van der Waals surface area (Å²) in [6, 6.07) is 14.8. The van der Waals surface area contributed by atoms with E-state index >= 15 is 0 Å². The van der Waals surface area contributed by atoms with Crippen molar-refractivity contribution in [1.29, 1.82) is 0 Å². The molecule has 1 fully saturated rings. The van der Waals surface area contributed by atoms with Crippen molar-refractivity contribution in [2.45, 2.75) is 32.0 Å². The number of ether oxygens (including phenoxy) is 1. The van der Waals surface area contributed by atoms with Crippen molar-refractivity contribution in [1.82, 2.24) is 15.0 Å². The number of carbonyl (C=O) groups excluding carboxylic acids is 1. The number of anilines is 1. The number of piperidine rings is 1. The molecule has 0 radical (unpaired) electrons. The number of para-hydroxylation sites is 2. The lowest BCUT2D eigenvalue weighted by Crippen LogP contribution is -2.40. The van der Waals surface area contributed by atoms with Gasteiger partial charge in [-0.05, 0) is 31.9 Å². The van der Waals surface area contributed by atoms with Crippen LogP contribution in [0.5, 0.6) is 5.75 Å². The van der Waals surface area contributed by atoms with E-state index in [-0.39, 0.29) is 11.6 Å². The highest BCUT2D eigenvalue weighted by molar-refractivity contribution is 7.10. The van der Waals surface area contributed by atoms with Crippen molar-refractivity contribution in [2.75, 3.05) is 18.4 Å². The van der Waals surface area contributed by atoms with Gasteiger partial charge in [0, 0.05) is 30.0 Å². The maximum atomic E-state index is 12.7. The standard InChI is InChI=1S/C26H23F3N4O3S/c1-16-22(23(32-36-16)17-7-3-2-4-8-17)20-15-37-24(30-20)18-11-13-33(14-12-18)25(34)31-19-9-5-6-10-21(19)35-26(27,28)29/h2-10,15,18H,11-14H2,1H3,(H,31,34). The smallest absolute Gasteiger partial charge is 0.404 e. The van der Waals surface area contributed by atoms with Crippen molar-refractivity contribution < 1.29 is 27.2 Å². The molecule has 0 saturated carbocycles. The normalized spacial score (nSPS) is 14.5. The van der Waals surface area contributed by atoms with E-state index < -0.39 is 18.1 Å². The summed E-state index contributed by atoms with van der Waals surface area (Å²) in [6.07, 6.45) is -3.47. The number of rotatable bonds is 5. The average Bonchev–Trinajstić information content (AvgIpc) is 3.51. The number of thiazole rings is 1. The number of aryl methyl sites for hydroxylation is 1. The van der Waals surface area contributed by atoms with E-state index in [1.54, 1.807) is 16.2 Å². The molecule has 0 atom stereocenters. The number of halogens is 3. The molecule has 1 aliphatic rings. The van der Waals surface area contributed by atoms with E-state index in [1.807, 2.05) is 42.6 Å². The van der Waals surface area contributed by atoms with Crippen LogP contribution in [0.1, 0.15) is 29.5 Å². The number of benzene rings is 2. The molecule has 0 unspecified atom stereocenters. The third-order valence-electron chi connectivity index (χ3n) is 6.17. The molecule has 2 amide bonds. The number of carbonyl (C=O) groups is 1. The van der Waals surface area contributed by atoms with Crippen LogP contribution in [0, 0.1) is 6.92 Å². The third-order valence-corrected chi connectivity index (χ3v) is 7.18. The van der Waals surface area contributed by atoms with Gasteiger partial charge in [0.25, 0.3) is 0 Å². The van der Waals surface area contributed by atoms with Crippen molar-refractivity contribution in [3.05, 3.63) is 70.7 Å². The second-order valence-corrected chi connectivity index (χ2v) is 9.52. The number of hydrogen-bond acceptors (Lipinski definition) is 6. The van der Waals surface area contributed by atoms with E-state index in [0.29, 0.717) is 31.7 Å². The second-order valence-electron chi connectivity index (χ2n) is 8.63. The van der Waals surface area contributed by atoms with Gasteiger partial charge in [-0.1, -0.05) is 47.6 Å². The van der Waals surface area contributed by atoms with E-state index in [1.165, 1.54) is 18.2 Å². The predicted molar refractivity (Wildman–Crippen MR) is 133 cm³/mol. The summed E-state index contributed by atoms with van der Waals surface area (Å²) >= 11 is 1.56. The van der Waals surface area contributed by atoms with Gasteiger partial charge in [0.2, 0.25) is 0 Å². The molecule has 7 nitrogen and oxygen atoms in total. The summed E-state index contributed by atoms with van der Waals surface area (Å²) in [5.41, 5.74) is 3.33. The Labute approximate surface area is 214 Å². The van der Waals surface area contributed by atoms with Crippen molar-refractivity contribution in [2.24, 2.45) is 0 Å². The average molecular weight is 529 g/mol. The van der Waals surface area contributed by atoms with Crippen LogP contribution >= 0.6 is 11.3 Å². The molecule has 192 valence electrons. The number of nitrogens with one attached hydrogen (secondary N) is 1. The summed E-state index contributed by atoms with van der Waals surface area (Å²) in [6.45, 7) is 2.77. The molecule has 0 spiro atoms. The van der Waals surface area contributed by atoms with Gasteiger partial charge in [-0.2, -0.15) is 0 Å². The van der Waals surface area contributed by atoms with Gasteiger partial charge in [-0.25, -0.2) is 9.78 Å². The molecule has 1 aliphatic heterocycles. The lowest BCUT2D eigenvalue weighted by atomic mass is 9.97. The highest BCUT2D eigenvalue weighted by Gasteiger charge is 2.33. The number of likely N-dealkylation sites (tertiary alicyclic amines) is 1. The number of nitrogens with zero attached hydrogens (tertiary/aromatic N) is 3. The Morgan fingerprint density at radius 3 is 2.54 bits per heavy atom. The fourth-order valence-electron chi connectivity index (χ4n) is 4.36. The van der Waals surface area contributed by atoms with E-state index in [9.17, 15) is 18.0 Å². The number of hydrogen-bond donors (Lipinski definition) is 1. The van der Waals surface area contributed by atoms with Crippen molar-refractivity contribution >= 4 is 23.1 Å². The predicted octanol–water partition coefficient (Wildman–Crippen LogP) is 7.08. The molecule has 1 saturated heterocycles. The molecular formula is C26H23F3N4O3S. The molecule has 11 heteroatoms. The maximum absolute atomic E-state index is 12.7. The van der Waals surface area contributed by atoms with Gasteiger partial charge in [-0.3, -0.25) is 0 Å². The number of urea groups is 1. The maximum Gasteiger partial charge on any atom is 0.573 e. The first-order valence-electron chi connectivity index (χ1n) is 11.7. The number of amides is 2. The SMILES string of the molecule is Cc1onc(-c2ccccc2)c1-c1csc(C2CCN(C(=O)Nc3ccccc3OC(F)(F)F)CC2)n1. The Kier molecular flexibility index (Phi) is 6.88.